The molecule has 0 radical (unpaired) electrons. The first-order valence-electron chi connectivity index (χ1n) is 9.18. The molecule has 4 aromatic rings. The van der Waals surface area contributed by atoms with Gasteiger partial charge in [-0.2, -0.15) is 5.10 Å². The van der Waals surface area contributed by atoms with Crippen LogP contribution in [0, 0.1) is 13.8 Å². The van der Waals surface area contributed by atoms with Crippen molar-refractivity contribution in [3.05, 3.63) is 65.5 Å². The topological polar surface area (TPSA) is 71.8 Å². The summed E-state index contributed by atoms with van der Waals surface area (Å²) >= 11 is 0. The Balaban J connectivity index is 1.57. The molecule has 1 aromatic carbocycles. The van der Waals surface area contributed by atoms with Crippen molar-refractivity contribution >= 4 is 22.5 Å². The number of aryl methyl sites for hydroxylation is 2. The highest BCUT2D eigenvalue weighted by Crippen LogP contribution is 2.23. The molecule has 7 nitrogen and oxygen atoms in total. The number of rotatable bonds is 5. The van der Waals surface area contributed by atoms with Gasteiger partial charge in [0.15, 0.2) is 5.82 Å². The fourth-order valence-corrected chi connectivity index (χ4v) is 3.19. The highest BCUT2D eigenvalue weighted by Gasteiger charge is 2.09. The lowest BCUT2D eigenvalue weighted by molar-refractivity contribution is 0.782. The molecule has 0 aliphatic rings. The number of pyridine rings is 1. The maximum absolute atomic E-state index is 4.71. The molecule has 0 unspecified atom stereocenters. The number of benzene rings is 1. The minimum absolute atomic E-state index is 0.637. The van der Waals surface area contributed by atoms with Gasteiger partial charge in [-0.1, -0.05) is 18.2 Å². The van der Waals surface area contributed by atoms with Crippen LogP contribution in [-0.4, -0.2) is 39.1 Å². The Bertz CT molecular complexity index is 1110. The second kappa shape index (κ2) is 7.26. The van der Waals surface area contributed by atoms with E-state index in [4.69, 9.17) is 4.98 Å². The highest BCUT2D eigenvalue weighted by atomic mass is 15.4. The van der Waals surface area contributed by atoms with Crippen LogP contribution in [-0.2, 0) is 6.54 Å². The Hall–Kier alpha value is -3.48. The van der Waals surface area contributed by atoms with Gasteiger partial charge in [0.25, 0.3) is 0 Å². The van der Waals surface area contributed by atoms with E-state index in [0.29, 0.717) is 12.4 Å². The van der Waals surface area contributed by atoms with Crippen LogP contribution < -0.4 is 10.2 Å². The standard InChI is InChI=1S/C21H23N7/c1-14-11-15(2)28(26-14)20-10-9-19(24-25-20)22-13-16-12-21(27(3)4)23-18-8-6-5-7-17(16)18/h5-12H,13H2,1-4H3,(H,22,24). The first-order chi connectivity index (χ1) is 13.5. The molecular weight excluding hydrogens is 350 g/mol. The predicted octanol–water partition coefficient (Wildman–Crippen LogP) is 3.51. The van der Waals surface area contributed by atoms with Gasteiger partial charge in [-0.15, -0.1) is 10.2 Å². The Morgan fingerprint density at radius 3 is 2.50 bits per heavy atom. The van der Waals surface area contributed by atoms with Crippen molar-refractivity contribution in [2.45, 2.75) is 20.4 Å². The van der Waals surface area contributed by atoms with Crippen molar-refractivity contribution in [2.75, 3.05) is 24.3 Å². The van der Waals surface area contributed by atoms with Crippen molar-refractivity contribution in [3.8, 4) is 5.82 Å². The van der Waals surface area contributed by atoms with E-state index in [0.717, 1.165) is 33.9 Å². The summed E-state index contributed by atoms with van der Waals surface area (Å²) in [6.45, 7) is 4.61. The molecule has 0 aliphatic heterocycles. The molecule has 7 heteroatoms. The van der Waals surface area contributed by atoms with Gasteiger partial charge in [-0.25, -0.2) is 9.67 Å². The second-order valence-corrected chi connectivity index (χ2v) is 7.02. The normalized spacial score (nSPS) is 11.0. The van der Waals surface area contributed by atoms with Crippen molar-refractivity contribution in [3.63, 3.8) is 0 Å². The molecule has 1 N–H and O–H groups in total. The van der Waals surface area contributed by atoms with Crippen molar-refractivity contribution in [1.82, 2.24) is 25.0 Å². The van der Waals surface area contributed by atoms with Gasteiger partial charge in [-0.3, -0.25) is 0 Å². The minimum Gasteiger partial charge on any atom is -0.364 e. The van der Waals surface area contributed by atoms with Gasteiger partial charge in [0.05, 0.1) is 11.2 Å². The van der Waals surface area contributed by atoms with Crippen LogP contribution >= 0.6 is 0 Å². The van der Waals surface area contributed by atoms with Gasteiger partial charge in [0.1, 0.15) is 11.6 Å². The molecule has 0 aliphatic carbocycles. The van der Waals surface area contributed by atoms with E-state index < -0.39 is 0 Å². The van der Waals surface area contributed by atoms with Gasteiger partial charge in [0.2, 0.25) is 0 Å². The number of fused-ring (bicyclic) bond motifs is 1. The van der Waals surface area contributed by atoms with Crippen LogP contribution in [0.1, 0.15) is 17.0 Å². The van der Waals surface area contributed by atoms with E-state index >= 15 is 0 Å². The second-order valence-electron chi connectivity index (χ2n) is 7.02. The number of anilines is 2. The Labute approximate surface area is 164 Å². The lowest BCUT2D eigenvalue weighted by Gasteiger charge is -2.15. The third-order valence-electron chi connectivity index (χ3n) is 4.58. The fraction of sp³-hybridized carbons (Fsp3) is 0.238. The Morgan fingerprint density at radius 2 is 1.82 bits per heavy atom. The molecule has 0 saturated carbocycles. The van der Waals surface area contributed by atoms with Crippen LogP contribution in [0.2, 0.25) is 0 Å². The van der Waals surface area contributed by atoms with Crippen molar-refractivity contribution in [2.24, 2.45) is 0 Å². The van der Waals surface area contributed by atoms with E-state index in [1.165, 1.54) is 5.56 Å². The zero-order valence-electron chi connectivity index (χ0n) is 16.5. The number of nitrogens with zero attached hydrogens (tertiary/aromatic N) is 6. The molecule has 0 bridgehead atoms. The summed E-state index contributed by atoms with van der Waals surface area (Å²) in [5, 5.41) is 17.6. The number of nitrogens with one attached hydrogen (secondary N) is 1. The lowest BCUT2D eigenvalue weighted by Crippen LogP contribution is -2.12. The number of hydrogen-bond acceptors (Lipinski definition) is 6. The molecule has 0 amide bonds. The Morgan fingerprint density at radius 1 is 1.00 bits per heavy atom. The summed E-state index contributed by atoms with van der Waals surface area (Å²) in [6.07, 6.45) is 0. The van der Waals surface area contributed by atoms with Gasteiger partial charge in [-0.05, 0) is 49.7 Å². The third kappa shape index (κ3) is 3.51. The average molecular weight is 373 g/mol. The smallest absolute Gasteiger partial charge is 0.176 e. The van der Waals surface area contributed by atoms with Crippen LogP contribution in [0.25, 0.3) is 16.7 Å². The molecule has 4 rings (SSSR count). The molecule has 28 heavy (non-hydrogen) atoms. The summed E-state index contributed by atoms with van der Waals surface area (Å²) in [7, 11) is 4.00. The summed E-state index contributed by atoms with van der Waals surface area (Å²) < 4.78 is 1.80. The van der Waals surface area contributed by atoms with Crippen molar-refractivity contribution < 1.29 is 0 Å². The first kappa shape index (κ1) is 17.9. The van der Waals surface area contributed by atoms with Gasteiger partial charge < -0.3 is 10.2 Å². The van der Waals surface area contributed by atoms with Crippen LogP contribution in [0.15, 0.2) is 48.5 Å². The van der Waals surface area contributed by atoms with E-state index in [1.54, 1.807) is 4.68 Å². The van der Waals surface area contributed by atoms with Crippen LogP contribution in [0.5, 0.6) is 0 Å². The Kier molecular flexibility index (Phi) is 4.65. The van der Waals surface area contributed by atoms with Crippen molar-refractivity contribution in [1.29, 1.82) is 0 Å². The van der Waals surface area contributed by atoms with Crippen LogP contribution in [0.4, 0.5) is 11.6 Å². The maximum atomic E-state index is 4.71. The zero-order valence-corrected chi connectivity index (χ0v) is 16.5. The van der Waals surface area contributed by atoms with E-state index in [2.05, 4.69) is 32.7 Å². The molecule has 0 fully saturated rings. The lowest BCUT2D eigenvalue weighted by atomic mass is 10.1. The largest absolute Gasteiger partial charge is 0.364 e. The molecule has 0 saturated heterocycles. The maximum Gasteiger partial charge on any atom is 0.176 e. The highest BCUT2D eigenvalue weighted by molar-refractivity contribution is 5.84. The number of aromatic nitrogens is 5. The summed E-state index contributed by atoms with van der Waals surface area (Å²) in [4.78, 5) is 6.72. The third-order valence-corrected chi connectivity index (χ3v) is 4.58. The molecule has 142 valence electrons. The summed E-state index contributed by atoms with van der Waals surface area (Å²) in [5.74, 6) is 2.36. The molecule has 3 aromatic heterocycles. The molecule has 0 atom stereocenters. The SMILES string of the molecule is Cc1cc(C)n(-c2ccc(NCc3cc(N(C)C)nc4ccccc34)nn2)n1. The fourth-order valence-electron chi connectivity index (χ4n) is 3.19. The number of hydrogen-bond donors (Lipinski definition) is 1. The molecular formula is C21H23N7. The van der Waals surface area contributed by atoms with Crippen LogP contribution in [0.3, 0.4) is 0 Å². The van der Waals surface area contributed by atoms with E-state index in [1.807, 2.05) is 69.2 Å². The monoisotopic (exact) mass is 373 g/mol. The number of para-hydroxylation sites is 1. The summed E-state index contributed by atoms with van der Waals surface area (Å²) in [6, 6.07) is 16.1. The molecule has 0 spiro atoms. The first-order valence-corrected chi connectivity index (χ1v) is 9.18. The predicted molar refractivity (Wildman–Crippen MR) is 112 cm³/mol. The quantitative estimate of drug-likeness (QED) is 0.577. The summed E-state index contributed by atoms with van der Waals surface area (Å²) in [5.41, 5.74) is 4.14. The zero-order chi connectivity index (χ0) is 19.7. The van der Waals surface area contributed by atoms with E-state index in [9.17, 15) is 0 Å². The van der Waals surface area contributed by atoms with Gasteiger partial charge in [0, 0.05) is 31.7 Å². The average Bonchev–Trinajstić information content (AvgIpc) is 3.04. The van der Waals surface area contributed by atoms with E-state index in [-0.39, 0.29) is 0 Å². The molecule has 3 heterocycles. The van der Waals surface area contributed by atoms with Gasteiger partial charge >= 0.3 is 0 Å². The minimum atomic E-state index is 0.637.